The molecular formula is C11H16N2O5S. The van der Waals surface area contributed by atoms with Crippen LogP contribution >= 0.6 is 0 Å². The van der Waals surface area contributed by atoms with Gasteiger partial charge in [-0.1, -0.05) is 5.16 Å². The van der Waals surface area contributed by atoms with Crippen molar-refractivity contribution in [3.05, 3.63) is 17.5 Å². The minimum atomic E-state index is -3.59. The molecule has 1 aliphatic rings. The van der Waals surface area contributed by atoms with Gasteiger partial charge >= 0.3 is 5.97 Å². The SMILES string of the molecule is COC(=O)C1CCCN1S(=O)(=O)Cc1cc(C)on1. The fraction of sp³-hybridized carbons (Fsp3) is 0.636. The molecule has 1 fully saturated rings. The van der Waals surface area contributed by atoms with Crippen LogP contribution in [0.4, 0.5) is 0 Å². The maximum atomic E-state index is 12.3. The van der Waals surface area contributed by atoms with E-state index in [0.29, 0.717) is 30.8 Å². The maximum Gasteiger partial charge on any atom is 0.324 e. The molecule has 0 spiro atoms. The van der Waals surface area contributed by atoms with Gasteiger partial charge in [0.05, 0.1) is 7.11 Å². The van der Waals surface area contributed by atoms with Crippen LogP contribution in [0.15, 0.2) is 10.6 Å². The quantitative estimate of drug-likeness (QED) is 0.747. The van der Waals surface area contributed by atoms with Gasteiger partial charge in [-0.2, -0.15) is 4.31 Å². The van der Waals surface area contributed by atoms with Crippen LogP contribution in [-0.4, -0.2) is 43.5 Å². The summed E-state index contributed by atoms with van der Waals surface area (Å²) in [5.74, 6) is -0.230. The first-order valence-corrected chi connectivity index (χ1v) is 7.54. The molecule has 106 valence electrons. The number of nitrogens with zero attached hydrogens (tertiary/aromatic N) is 2. The Labute approximate surface area is 111 Å². The van der Waals surface area contributed by atoms with Gasteiger partial charge in [0.2, 0.25) is 10.0 Å². The van der Waals surface area contributed by atoms with Gasteiger partial charge in [0.25, 0.3) is 0 Å². The molecule has 0 N–H and O–H groups in total. The predicted octanol–water partition coefficient (Wildman–Crippen LogP) is 0.450. The first kappa shape index (κ1) is 14.0. The predicted molar refractivity (Wildman–Crippen MR) is 65.6 cm³/mol. The molecule has 19 heavy (non-hydrogen) atoms. The van der Waals surface area contributed by atoms with Gasteiger partial charge in [-0.15, -0.1) is 0 Å². The molecule has 1 atom stereocenters. The van der Waals surface area contributed by atoms with Crippen molar-refractivity contribution in [1.82, 2.24) is 9.46 Å². The minimum Gasteiger partial charge on any atom is -0.468 e. The summed E-state index contributed by atoms with van der Waals surface area (Å²) in [7, 11) is -2.34. The van der Waals surface area contributed by atoms with E-state index in [2.05, 4.69) is 9.89 Å². The molecule has 8 heteroatoms. The lowest BCUT2D eigenvalue weighted by Gasteiger charge is -2.21. The molecule has 0 aromatic carbocycles. The molecule has 0 aliphatic carbocycles. The number of aryl methyl sites for hydroxylation is 1. The summed E-state index contributed by atoms with van der Waals surface area (Å²) in [5.41, 5.74) is 0.341. The van der Waals surface area contributed by atoms with Crippen LogP contribution in [0, 0.1) is 6.92 Å². The zero-order valence-corrected chi connectivity index (χ0v) is 11.6. The van der Waals surface area contributed by atoms with Crippen LogP contribution in [-0.2, 0) is 25.3 Å². The maximum absolute atomic E-state index is 12.3. The summed E-state index contributed by atoms with van der Waals surface area (Å²) >= 11 is 0. The van der Waals surface area contributed by atoms with Crippen molar-refractivity contribution in [2.45, 2.75) is 31.6 Å². The van der Waals surface area contributed by atoms with E-state index in [4.69, 9.17) is 4.52 Å². The van der Waals surface area contributed by atoms with Gasteiger partial charge in [-0.25, -0.2) is 8.42 Å². The number of aromatic nitrogens is 1. The normalized spacial score (nSPS) is 20.6. The van der Waals surface area contributed by atoms with E-state index in [9.17, 15) is 13.2 Å². The van der Waals surface area contributed by atoms with Crippen molar-refractivity contribution in [3.63, 3.8) is 0 Å². The third-order valence-electron chi connectivity index (χ3n) is 3.04. The first-order valence-electron chi connectivity index (χ1n) is 5.93. The highest BCUT2D eigenvalue weighted by Gasteiger charge is 2.39. The summed E-state index contributed by atoms with van der Waals surface area (Å²) in [6.07, 6.45) is 1.14. The number of methoxy groups -OCH3 is 1. The molecule has 2 heterocycles. The highest BCUT2D eigenvalue weighted by molar-refractivity contribution is 7.88. The number of rotatable bonds is 4. The summed E-state index contributed by atoms with van der Waals surface area (Å²) in [5, 5.41) is 3.67. The van der Waals surface area contributed by atoms with E-state index in [1.807, 2.05) is 0 Å². The second kappa shape index (κ2) is 5.30. The average Bonchev–Trinajstić information content (AvgIpc) is 2.97. The van der Waals surface area contributed by atoms with Crippen molar-refractivity contribution in [2.75, 3.05) is 13.7 Å². The Morgan fingerprint density at radius 2 is 2.37 bits per heavy atom. The van der Waals surface area contributed by atoms with Gasteiger partial charge < -0.3 is 9.26 Å². The largest absolute Gasteiger partial charge is 0.468 e. The number of hydrogen-bond acceptors (Lipinski definition) is 6. The van der Waals surface area contributed by atoms with E-state index in [0.717, 1.165) is 0 Å². The zero-order valence-electron chi connectivity index (χ0n) is 10.8. The fourth-order valence-corrected chi connectivity index (χ4v) is 3.86. The van der Waals surface area contributed by atoms with Crippen LogP contribution in [0.1, 0.15) is 24.3 Å². The standard InChI is InChI=1S/C11H16N2O5S/c1-8-6-9(12-18-8)7-19(15,16)13-5-3-4-10(13)11(14)17-2/h6,10H,3-5,7H2,1-2H3. The number of sulfonamides is 1. The van der Waals surface area contributed by atoms with Crippen molar-refractivity contribution >= 4 is 16.0 Å². The lowest BCUT2D eigenvalue weighted by Crippen LogP contribution is -2.41. The Morgan fingerprint density at radius 3 is 2.95 bits per heavy atom. The molecule has 1 unspecified atom stereocenters. The summed E-state index contributed by atoms with van der Waals surface area (Å²) in [6.45, 7) is 2.02. The van der Waals surface area contributed by atoms with E-state index in [1.54, 1.807) is 13.0 Å². The highest BCUT2D eigenvalue weighted by atomic mass is 32.2. The average molecular weight is 288 g/mol. The molecule has 0 amide bonds. The van der Waals surface area contributed by atoms with Crippen molar-refractivity contribution in [1.29, 1.82) is 0 Å². The molecule has 1 aromatic rings. The highest BCUT2D eigenvalue weighted by Crippen LogP contribution is 2.24. The molecule has 0 radical (unpaired) electrons. The van der Waals surface area contributed by atoms with Crippen molar-refractivity contribution in [3.8, 4) is 0 Å². The second-order valence-electron chi connectivity index (χ2n) is 4.48. The Bertz CT molecular complexity index is 565. The second-order valence-corrected chi connectivity index (χ2v) is 6.40. The number of esters is 1. The van der Waals surface area contributed by atoms with E-state index in [-0.39, 0.29) is 5.75 Å². The topological polar surface area (TPSA) is 89.7 Å². The van der Waals surface area contributed by atoms with Crippen molar-refractivity contribution in [2.24, 2.45) is 0 Å². The lowest BCUT2D eigenvalue weighted by atomic mass is 10.2. The smallest absolute Gasteiger partial charge is 0.324 e. The van der Waals surface area contributed by atoms with Crippen LogP contribution in [0.3, 0.4) is 0 Å². The van der Waals surface area contributed by atoms with Gasteiger partial charge in [0, 0.05) is 12.6 Å². The Kier molecular flexibility index (Phi) is 3.91. The van der Waals surface area contributed by atoms with Crippen molar-refractivity contribution < 1.29 is 22.5 Å². The molecule has 1 aliphatic heterocycles. The van der Waals surface area contributed by atoms with Crippen LogP contribution < -0.4 is 0 Å². The first-order chi connectivity index (χ1) is 8.94. The summed E-state index contributed by atoms with van der Waals surface area (Å²) in [6, 6.07) is 0.851. The van der Waals surface area contributed by atoms with Crippen LogP contribution in [0.25, 0.3) is 0 Å². The molecule has 1 saturated heterocycles. The van der Waals surface area contributed by atoms with Gasteiger partial charge in [0.15, 0.2) is 0 Å². The zero-order chi connectivity index (χ0) is 14.0. The number of ether oxygens (including phenoxy) is 1. The lowest BCUT2D eigenvalue weighted by molar-refractivity contribution is -0.144. The monoisotopic (exact) mass is 288 g/mol. The minimum absolute atomic E-state index is 0.266. The van der Waals surface area contributed by atoms with Gasteiger partial charge in [0.1, 0.15) is 23.2 Å². The molecule has 1 aromatic heterocycles. The molecule has 0 saturated carbocycles. The number of hydrogen-bond donors (Lipinski definition) is 0. The van der Waals surface area contributed by atoms with Gasteiger partial charge in [-0.05, 0) is 19.8 Å². The Morgan fingerprint density at radius 1 is 1.63 bits per heavy atom. The summed E-state index contributed by atoms with van der Waals surface area (Å²) in [4.78, 5) is 11.6. The Hall–Kier alpha value is -1.41. The molecule has 0 bridgehead atoms. The fourth-order valence-electron chi connectivity index (χ4n) is 2.20. The number of carbonyl (C=O) groups excluding carboxylic acids is 1. The van der Waals surface area contributed by atoms with E-state index < -0.39 is 22.0 Å². The van der Waals surface area contributed by atoms with Gasteiger partial charge in [-0.3, -0.25) is 4.79 Å². The Balaban J connectivity index is 2.17. The van der Waals surface area contributed by atoms with E-state index in [1.165, 1.54) is 11.4 Å². The number of carbonyl (C=O) groups is 1. The molecule has 7 nitrogen and oxygen atoms in total. The third kappa shape index (κ3) is 2.95. The van der Waals surface area contributed by atoms with Crippen LogP contribution in [0.5, 0.6) is 0 Å². The molecule has 2 rings (SSSR count). The van der Waals surface area contributed by atoms with E-state index >= 15 is 0 Å². The summed E-state index contributed by atoms with van der Waals surface area (Å²) < 4.78 is 35.2. The molecular weight excluding hydrogens is 272 g/mol. The third-order valence-corrected chi connectivity index (χ3v) is 4.85. The van der Waals surface area contributed by atoms with Crippen LogP contribution in [0.2, 0.25) is 0 Å².